The molecule has 10 nitrogen and oxygen atoms in total. The van der Waals surface area contributed by atoms with Crippen LogP contribution < -0.4 is 0 Å². The summed E-state index contributed by atoms with van der Waals surface area (Å²) in [5, 5.41) is -0.177. The van der Waals surface area contributed by atoms with E-state index in [1.807, 2.05) is 20.8 Å². The number of fused-ring (bicyclic) bond motifs is 5. The van der Waals surface area contributed by atoms with Crippen molar-refractivity contribution < 1.29 is 47.2 Å². The van der Waals surface area contributed by atoms with Crippen LogP contribution >= 0.6 is 0 Å². The largest absolute Gasteiger partial charge is 0.509 e. The first kappa shape index (κ1) is 28.4. The van der Waals surface area contributed by atoms with E-state index < -0.39 is 79.3 Å². The lowest BCUT2D eigenvalue weighted by Gasteiger charge is -2.47. The van der Waals surface area contributed by atoms with Crippen molar-refractivity contribution in [3.8, 4) is 0 Å². The van der Waals surface area contributed by atoms with E-state index >= 15 is 0 Å². The van der Waals surface area contributed by atoms with Gasteiger partial charge in [0, 0.05) is 18.3 Å². The predicted octanol–water partition coefficient (Wildman–Crippen LogP) is 4.77. The van der Waals surface area contributed by atoms with Gasteiger partial charge in [-0.25, -0.2) is 9.59 Å². The summed E-state index contributed by atoms with van der Waals surface area (Å²) in [7, 11) is -2.48. The van der Waals surface area contributed by atoms with Crippen LogP contribution in [0.3, 0.4) is 0 Å². The number of hydrogen-bond acceptors (Lipinski definition) is 10. The van der Waals surface area contributed by atoms with Crippen LogP contribution in [0.5, 0.6) is 0 Å². The second kappa shape index (κ2) is 8.67. The highest BCUT2D eigenvalue weighted by atomic mass is 28.4. The minimum atomic E-state index is -2.48. The summed E-state index contributed by atoms with van der Waals surface area (Å²) in [5.41, 5.74) is -2.98. The van der Waals surface area contributed by atoms with E-state index in [0.717, 1.165) is 19.3 Å². The zero-order valence-electron chi connectivity index (χ0n) is 25.0. The minimum absolute atomic E-state index is 0.177. The number of ether oxygens (including phenoxy) is 6. The molecule has 6 rings (SSSR count). The highest BCUT2D eigenvalue weighted by Gasteiger charge is 2.77. The summed E-state index contributed by atoms with van der Waals surface area (Å²) < 4.78 is 43.8. The molecule has 0 radical (unpaired) electrons. The van der Waals surface area contributed by atoms with Gasteiger partial charge in [-0.05, 0) is 50.7 Å². The van der Waals surface area contributed by atoms with Crippen molar-refractivity contribution >= 4 is 26.4 Å². The molecule has 0 aromatic heterocycles. The van der Waals surface area contributed by atoms with Crippen molar-refractivity contribution in [1.82, 2.24) is 0 Å². The maximum absolute atomic E-state index is 14.2. The van der Waals surface area contributed by atoms with Gasteiger partial charge >= 0.3 is 18.1 Å². The van der Waals surface area contributed by atoms with E-state index in [4.69, 9.17) is 32.8 Å². The third-order valence-corrected chi connectivity index (χ3v) is 16.1. The van der Waals surface area contributed by atoms with Crippen molar-refractivity contribution in [1.29, 1.82) is 0 Å². The standard InChI is InChI=1S/C29H44O10Si/c1-25(2,3)40(7,8)39-21-17-16(34-24(32)35-17)19-20(37-28(36-19)12-10-9-11-13-28)18(21)33-23(31)29-15-14-27(6,22(30)38-29)26(29,4)5/h16-21H,9-15H2,1-8H3/t16-,17-,18+,19-,20+,21+,27?,29?/m1/s1. The molecule has 6 fully saturated rings. The first-order chi connectivity index (χ1) is 18.5. The van der Waals surface area contributed by atoms with Crippen LogP contribution in [0.2, 0.25) is 18.1 Å². The average molecular weight is 581 g/mol. The monoisotopic (exact) mass is 580 g/mol. The number of hydrogen-bond donors (Lipinski definition) is 0. The fourth-order valence-corrected chi connectivity index (χ4v) is 8.77. The van der Waals surface area contributed by atoms with Gasteiger partial charge in [0.25, 0.3) is 0 Å². The van der Waals surface area contributed by atoms with Gasteiger partial charge in [-0.2, -0.15) is 0 Å². The molecule has 3 heterocycles. The van der Waals surface area contributed by atoms with Crippen molar-refractivity contribution in [3.63, 3.8) is 0 Å². The van der Waals surface area contributed by atoms with Crippen LogP contribution in [0.15, 0.2) is 0 Å². The summed E-state index contributed by atoms with van der Waals surface area (Å²) in [4.78, 5) is 39.7. The fraction of sp³-hybridized carbons (Fsp3) is 0.897. The summed E-state index contributed by atoms with van der Waals surface area (Å²) in [6.45, 7) is 16.2. The highest BCUT2D eigenvalue weighted by Crippen LogP contribution is 2.66. The molecule has 40 heavy (non-hydrogen) atoms. The molecule has 2 unspecified atom stereocenters. The summed E-state index contributed by atoms with van der Waals surface area (Å²) in [5.74, 6) is -1.83. The second-order valence-electron chi connectivity index (χ2n) is 14.9. The second-order valence-corrected chi connectivity index (χ2v) is 19.7. The van der Waals surface area contributed by atoms with Crippen LogP contribution in [0.4, 0.5) is 4.79 Å². The zero-order valence-corrected chi connectivity index (χ0v) is 26.0. The molecule has 3 saturated carbocycles. The molecule has 3 aliphatic carbocycles. The lowest BCUT2D eigenvalue weighted by atomic mass is 9.66. The molecule has 224 valence electrons. The molecule has 0 amide bonds. The van der Waals surface area contributed by atoms with E-state index in [1.54, 1.807) is 0 Å². The van der Waals surface area contributed by atoms with Gasteiger partial charge in [0.1, 0.15) is 18.3 Å². The number of esters is 2. The van der Waals surface area contributed by atoms with Crippen molar-refractivity contribution in [2.45, 2.75) is 153 Å². The molecule has 1 spiro atoms. The number of carbonyl (C=O) groups excluding carboxylic acids is 3. The Labute approximate surface area is 237 Å². The number of rotatable bonds is 4. The Morgan fingerprint density at radius 1 is 0.850 bits per heavy atom. The van der Waals surface area contributed by atoms with Crippen LogP contribution in [-0.2, 0) is 42.4 Å². The Morgan fingerprint density at radius 3 is 2.05 bits per heavy atom. The van der Waals surface area contributed by atoms with Gasteiger partial charge in [-0.3, -0.25) is 4.79 Å². The van der Waals surface area contributed by atoms with E-state index in [0.29, 0.717) is 25.7 Å². The molecule has 3 saturated heterocycles. The maximum Gasteiger partial charge on any atom is 0.509 e. The molecule has 0 aromatic rings. The van der Waals surface area contributed by atoms with Crippen LogP contribution in [0.1, 0.15) is 86.5 Å². The van der Waals surface area contributed by atoms with Gasteiger partial charge in [0.2, 0.25) is 5.60 Å². The summed E-state index contributed by atoms with van der Waals surface area (Å²) >= 11 is 0. The molecule has 6 aliphatic rings. The van der Waals surface area contributed by atoms with Crippen LogP contribution in [-0.4, -0.2) is 74.4 Å². The lowest BCUT2D eigenvalue weighted by molar-refractivity contribution is -0.218. The van der Waals surface area contributed by atoms with Gasteiger partial charge in [-0.15, -0.1) is 0 Å². The smallest absolute Gasteiger partial charge is 0.454 e. The molecule has 2 bridgehead atoms. The fourth-order valence-electron chi connectivity index (χ4n) is 7.46. The normalized spacial score (nSPS) is 43.1. The van der Waals surface area contributed by atoms with E-state index in [-0.39, 0.29) is 11.0 Å². The quantitative estimate of drug-likeness (QED) is 0.261. The van der Waals surface area contributed by atoms with Gasteiger partial charge in [0.05, 0.1) is 5.41 Å². The third-order valence-electron chi connectivity index (χ3n) is 11.6. The molecule has 0 N–H and O–H groups in total. The van der Waals surface area contributed by atoms with E-state index in [2.05, 4.69) is 33.9 Å². The summed E-state index contributed by atoms with van der Waals surface area (Å²) in [6.07, 6.45) is -0.308. The first-order valence-corrected chi connectivity index (χ1v) is 17.7. The number of carbonyl (C=O) groups is 3. The Bertz CT molecular complexity index is 1110. The molecule has 11 heteroatoms. The molecule has 8 atom stereocenters. The van der Waals surface area contributed by atoms with E-state index in [1.165, 1.54) is 0 Å². The Hall–Kier alpha value is -1.69. The Balaban J connectivity index is 1.39. The van der Waals surface area contributed by atoms with Gasteiger partial charge < -0.3 is 32.8 Å². The zero-order chi connectivity index (χ0) is 29.1. The molecule has 0 aromatic carbocycles. The lowest BCUT2D eigenvalue weighted by Crippen LogP contribution is -2.66. The van der Waals surface area contributed by atoms with Gasteiger partial charge in [0.15, 0.2) is 32.4 Å². The topological polar surface area (TPSA) is 116 Å². The van der Waals surface area contributed by atoms with Crippen molar-refractivity contribution in [3.05, 3.63) is 0 Å². The molecular formula is C29H44O10Si. The van der Waals surface area contributed by atoms with Crippen LogP contribution in [0, 0.1) is 10.8 Å². The highest BCUT2D eigenvalue weighted by molar-refractivity contribution is 6.74. The van der Waals surface area contributed by atoms with Crippen LogP contribution in [0.25, 0.3) is 0 Å². The maximum atomic E-state index is 14.2. The Kier molecular flexibility index (Phi) is 6.16. The minimum Gasteiger partial charge on any atom is -0.454 e. The molecular weight excluding hydrogens is 536 g/mol. The Morgan fingerprint density at radius 2 is 1.48 bits per heavy atom. The molecule has 3 aliphatic heterocycles. The third kappa shape index (κ3) is 3.72. The van der Waals surface area contributed by atoms with E-state index in [9.17, 15) is 14.4 Å². The van der Waals surface area contributed by atoms with Crippen molar-refractivity contribution in [2.24, 2.45) is 10.8 Å². The first-order valence-electron chi connectivity index (χ1n) is 14.8. The van der Waals surface area contributed by atoms with Gasteiger partial charge in [-0.1, -0.05) is 41.0 Å². The van der Waals surface area contributed by atoms with Crippen molar-refractivity contribution in [2.75, 3.05) is 0 Å². The SMILES string of the molecule is CC12CCC(C(=O)O[C@H]3[C@@H]4OC5(CCCCC5)O[C@@H]4[C@@H]4OC(=O)O[C@H]4[C@@H]3O[Si](C)(C)C(C)(C)C)(OC1=O)C2(C)C. The summed E-state index contributed by atoms with van der Waals surface area (Å²) in [6, 6.07) is 0. The predicted molar refractivity (Wildman–Crippen MR) is 143 cm³/mol. The average Bonchev–Trinajstić information content (AvgIpc) is 3.51.